The average molecular weight is 258 g/mol. The highest BCUT2D eigenvalue weighted by atomic mass is 32.1. The molecule has 3 aromatic rings. The molecule has 0 N–H and O–H groups in total. The van der Waals surface area contributed by atoms with Gasteiger partial charge in [0.2, 0.25) is 0 Å². The fourth-order valence-corrected chi connectivity index (χ4v) is 2.31. The molecule has 1 aromatic carbocycles. The van der Waals surface area contributed by atoms with Crippen LogP contribution in [0.4, 0.5) is 0 Å². The predicted octanol–water partition coefficient (Wildman–Crippen LogP) is 1.60. The van der Waals surface area contributed by atoms with Gasteiger partial charge in [-0.15, -0.1) is 5.10 Å². The van der Waals surface area contributed by atoms with Crippen molar-refractivity contribution in [1.29, 1.82) is 0 Å². The lowest BCUT2D eigenvalue weighted by Crippen LogP contribution is -2.21. The molecule has 0 saturated heterocycles. The van der Waals surface area contributed by atoms with Crippen LogP contribution in [-0.2, 0) is 6.54 Å². The normalized spacial score (nSPS) is 10.9. The van der Waals surface area contributed by atoms with E-state index in [0.717, 1.165) is 22.7 Å². The maximum Gasteiger partial charge on any atom is 0.283 e. The summed E-state index contributed by atoms with van der Waals surface area (Å²) < 4.78 is 5.31. The van der Waals surface area contributed by atoms with Crippen LogP contribution < -0.4 is 5.56 Å². The van der Waals surface area contributed by atoms with Gasteiger partial charge in [0, 0.05) is 11.5 Å². The minimum atomic E-state index is -0.142. The molecule has 0 aliphatic rings. The second-order valence-electron chi connectivity index (χ2n) is 4.03. The van der Waals surface area contributed by atoms with Gasteiger partial charge in [-0.2, -0.15) is 0 Å². The Bertz CT molecular complexity index is 762. The van der Waals surface area contributed by atoms with E-state index in [1.54, 1.807) is 10.9 Å². The van der Waals surface area contributed by atoms with Crippen LogP contribution in [-0.4, -0.2) is 19.1 Å². The molecule has 0 saturated carbocycles. The zero-order valence-electron chi connectivity index (χ0n) is 9.70. The summed E-state index contributed by atoms with van der Waals surface area (Å²) in [5.41, 5.74) is 2.46. The first kappa shape index (κ1) is 11.0. The lowest BCUT2D eigenvalue weighted by atomic mass is 10.1. The second kappa shape index (κ2) is 4.30. The van der Waals surface area contributed by atoms with E-state index in [-0.39, 0.29) is 5.56 Å². The summed E-state index contributed by atoms with van der Waals surface area (Å²) in [6.07, 6.45) is 1.55. The van der Waals surface area contributed by atoms with E-state index in [1.165, 1.54) is 0 Å². The van der Waals surface area contributed by atoms with E-state index < -0.39 is 0 Å². The number of rotatable bonds is 2. The average Bonchev–Trinajstić information content (AvgIpc) is 2.84. The van der Waals surface area contributed by atoms with Crippen molar-refractivity contribution in [3.63, 3.8) is 0 Å². The summed E-state index contributed by atoms with van der Waals surface area (Å²) in [4.78, 5) is 16.9. The summed E-state index contributed by atoms with van der Waals surface area (Å²) >= 11 is 1.13. The largest absolute Gasteiger partial charge is 0.293 e. The van der Waals surface area contributed by atoms with E-state index >= 15 is 0 Å². The van der Waals surface area contributed by atoms with Crippen molar-refractivity contribution >= 4 is 21.9 Å². The van der Waals surface area contributed by atoms with Crippen LogP contribution in [0, 0.1) is 6.92 Å². The SMILES string of the molecule is Cc1ccccc1Cn1cnc2snnc2c1=O. The Morgan fingerprint density at radius 2 is 2.17 bits per heavy atom. The fourth-order valence-electron chi connectivity index (χ4n) is 1.80. The van der Waals surface area contributed by atoms with Gasteiger partial charge in [0.05, 0.1) is 12.9 Å². The molecule has 0 aliphatic heterocycles. The van der Waals surface area contributed by atoms with Crippen LogP contribution in [0.3, 0.4) is 0 Å². The molecular weight excluding hydrogens is 248 g/mol. The molecule has 6 heteroatoms. The molecule has 0 amide bonds. The summed E-state index contributed by atoms with van der Waals surface area (Å²) in [6, 6.07) is 7.97. The molecule has 0 unspecified atom stereocenters. The summed E-state index contributed by atoms with van der Waals surface area (Å²) in [7, 11) is 0. The first-order chi connectivity index (χ1) is 8.75. The van der Waals surface area contributed by atoms with Crippen molar-refractivity contribution in [2.24, 2.45) is 0 Å². The Morgan fingerprint density at radius 1 is 1.33 bits per heavy atom. The Morgan fingerprint density at radius 3 is 3.00 bits per heavy atom. The topological polar surface area (TPSA) is 60.7 Å². The highest BCUT2D eigenvalue weighted by molar-refractivity contribution is 7.12. The minimum Gasteiger partial charge on any atom is -0.293 e. The van der Waals surface area contributed by atoms with Gasteiger partial charge in [-0.1, -0.05) is 28.8 Å². The molecule has 2 heterocycles. The van der Waals surface area contributed by atoms with Gasteiger partial charge in [-0.25, -0.2) is 4.98 Å². The highest BCUT2D eigenvalue weighted by Crippen LogP contribution is 2.10. The van der Waals surface area contributed by atoms with Crippen LogP contribution in [0.2, 0.25) is 0 Å². The standard InChI is InChI=1S/C12H10N4OS/c1-8-4-2-3-5-9(8)6-16-7-13-11-10(12(16)17)14-15-18-11/h2-5,7H,6H2,1H3. The van der Waals surface area contributed by atoms with Crippen molar-refractivity contribution in [3.05, 3.63) is 52.1 Å². The number of fused-ring (bicyclic) bond motifs is 1. The first-order valence-corrected chi connectivity index (χ1v) is 6.25. The van der Waals surface area contributed by atoms with Gasteiger partial charge in [0.1, 0.15) is 0 Å². The number of hydrogen-bond donors (Lipinski definition) is 0. The molecule has 0 bridgehead atoms. The highest BCUT2D eigenvalue weighted by Gasteiger charge is 2.08. The zero-order valence-corrected chi connectivity index (χ0v) is 10.5. The third kappa shape index (κ3) is 1.80. The number of nitrogens with zero attached hydrogens (tertiary/aromatic N) is 4. The van der Waals surface area contributed by atoms with E-state index in [1.807, 2.05) is 31.2 Å². The molecule has 3 rings (SSSR count). The number of hydrogen-bond acceptors (Lipinski definition) is 5. The van der Waals surface area contributed by atoms with Crippen LogP contribution in [0.1, 0.15) is 11.1 Å². The van der Waals surface area contributed by atoms with Crippen LogP contribution >= 0.6 is 11.5 Å². The minimum absolute atomic E-state index is 0.142. The number of aromatic nitrogens is 4. The molecule has 0 fully saturated rings. The van der Waals surface area contributed by atoms with Crippen LogP contribution in [0.25, 0.3) is 10.3 Å². The van der Waals surface area contributed by atoms with Crippen molar-refractivity contribution < 1.29 is 0 Å². The Labute approximate surface area is 107 Å². The molecule has 18 heavy (non-hydrogen) atoms. The Balaban J connectivity index is 2.08. The lowest BCUT2D eigenvalue weighted by molar-refractivity contribution is 0.743. The molecule has 0 spiro atoms. The number of benzene rings is 1. The molecule has 0 radical (unpaired) electrons. The van der Waals surface area contributed by atoms with Crippen LogP contribution in [0.15, 0.2) is 35.4 Å². The molecule has 0 atom stereocenters. The molecule has 0 aliphatic carbocycles. The third-order valence-corrected chi connectivity index (χ3v) is 3.49. The molecule has 2 aromatic heterocycles. The summed E-state index contributed by atoms with van der Waals surface area (Å²) in [5.74, 6) is 0. The van der Waals surface area contributed by atoms with Crippen LogP contribution in [0.5, 0.6) is 0 Å². The van der Waals surface area contributed by atoms with E-state index in [0.29, 0.717) is 16.9 Å². The Kier molecular flexibility index (Phi) is 2.64. The van der Waals surface area contributed by atoms with Crippen molar-refractivity contribution in [2.45, 2.75) is 13.5 Å². The molecule has 90 valence electrons. The van der Waals surface area contributed by atoms with Crippen molar-refractivity contribution in [2.75, 3.05) is 0 Å². The maximum absolute atomic E-state index is 12.1. The zero-order chi connectivity index (χ0) is 12.5. The van der Waals surface area contributed by atoms with Gasteiger partial charge in [0.15, 0.2) is 10.3 Å². The van der Waals surface area contributed by atoms with Gasteiger partial charge in [0.25, 0.3) is 5.56 Å². The quantitative estimate of drug-likeness (QED) is 0.700. The fraction of sp³-hybridized carbons (Fsp3) is 0.167. The van der Waals surface area contributed by atoms with E-state index in [9.17, 15) is 4.79 Å². The van der Waals surface area contributed by atoms with Crippen molar-refractivity contribution in [3.8, 4) is 0 Å². The Hall–Kier alpha value is -2.08. The van der Waals surface area contributed by atoms with Gasteiger partial charge < -0.3 is 0 Å². The van der Waals surface area contributed by atoms with Gasteiger partial charge in [-0.05, 0) is 18.1 Å². The smallest absolute Gasteiger partial charge is 0.283 e. The summed E-state index contributed by atoms with van der Waals surface area (Å²) in [6.45, 7) is 2.53. The molecular formula is C12H10N4OS. The van der Waals surface area contributed by atoms with E-state index in [2.05, 4.69) is 14.6 Å². The number of aryl methyl sites for hydroxylation is 1. The summed E-state index contributed by atoms with van der Waals surface area (Å²) in [5, 5.41) is 3.82. The monoisotopic (exact) mass is 258 g/mol. The van der Waals surface area contributed by atoms with E-state index in [4.69, 9.17) is 0 Å². The van der Waals surface area contributed by atoms with Gasteiger partial charge in [-0.3, -0.25) is 9.36 Å². The van der Waals surface area contributed by atoms with Crippen molar-refractivity contribution in [1.82, 2.24) is 19.1 Å². The maximum atomic E-state index is 12.1. The van der Waals surface area contributed by atoms with Gasteiger partial charge >= 0.3 is 0 Å². The lowest BCUT2D eigenvalue weighted by Gasteiger charge is -2.07. The first-order valence-electron chi connectivity index (χ1n) is 5.48. The second-order valence-corrected chi connectivity index (χ2v) is 4.76. The third-order valence-electron chi connectivity index (χ3n) is 2.85. The predicted molar refractivity (Wildman–Crippen MR) is 69.8 cm³/mol. The molecule has 5 nitrogen and oxygen atoms in total.